The Labute approximate surface area is 240 Å². The summed E-state index contributed by atoms with van der Waals surface area (Å²) in [7, 11) is 0. The largest absolute Gasteiger partial charge is 0.293 e. The van der Waals surface area contributed by atoms with E-state index in [2.05, 4.69) is 14.7 Å². The van der Waals surface area contributed by atoms with Crippen LogP contribution in [-0.4, -0.2) is 30.6 Å². The number of thioether (sulfide) groups is 1. The first-order chi connectivity index (χ1) is 19.1. The Morgan fingerprint density at radius 1 is 0.923 bits per heavy atom. The Kier molecular flexibility index (Phi) is 7.25. The average Bonchev–Trinajstić information content (AvgIpc) is 3.61. The van der Waals surface area contributed by atoms with Gasteiger partial charge in [0, 0.05) is 21.5 Å². The van der Waals surface area contributed by atoms with Crippen LogP contribution in [0.4, 0.5) is 5.95 Å². The van der Waals surface area contributed by atoms with Gasteiger partial charge in [-0.1, -0.05) is 84.0 Å². The van der Waals surface area contributed by atoms with Crippen molar-refractivity contribution in [1.82, 2.24) is 18.9 Å². The number of halogens is 1. The van der Waals surface area contributed by atoms with E-state index >= 15 is 0 Å². The van der Waals surface area contributed by atoms with Crippen LogP contribution in [0.3, 0.4) is 0 Å². The first-order valence-electron chi connectivity index (χ1n) is 11.7. The van der Waals surface area contributed by atoms with Crippen LogP contribution in [0.1, 0.15) is 0 Å². The molecule has 3 aromatic carbocycles. The fraction of sp³-hybridized carbons (Fsp3) is 0.0357. The fourth-order valence-corrected chi connectivity index (χ4v) is 6.53. The number of thiophene rings is 1. The zero-order valence-corrected chi connectivity index (χ0v) is 23.3. The third-order valence-corrected chi connectivity index (χ3v) is 8.60. The van der Waals surface area contributed by atoms with Crippen molar-refractivity contribution in [3.05, 3.63) is 106 Å². The molecule has 0 fully saturated rings. The molecular weight excluding hydrogens is 570 g/mol. The molecule has 0 aliphatic heterocycles. The number of nitrogens with zero attached hydrogens (tertiary/aromatic N) is 4. The first-order valence-corrected chi connectivity index (χ1v) is 14.8. The predicted molar refractivity (Wildman–Crippen MR) is 160 cm³/mol. The van der Waals surface area contributed by atoms with Crippen molar-refractivity contribution in [3.63, 3.8) is 0 Å². The van der Waals surface area contributed by atoms with Crippen LogP contribution in [0.25, 0.3) is 37.6 Å². The molecule has 0 aliphatic rings. The molecule has 7 nitrogen and oxygen atoms in total. The molecule has 3 aromatic heterocycles. The van der Waals surface area contributed by atoms with Crippen molar-refractivity contribution in [1.29, 1.82) is 0 Å². The van der Waals surface area contributed by atoms with E-state index in [1.165, 1.54) is 34.6 Å². The van der Waals surface area contributed by atoms with Crippen LogP contribution < -0.4 is 10.9 Å². The molecule has 0 unspecified atom stereocenters. The highest BCUT2D eigenvalue weighted by Gasteiger charge is 2.20. The summed E-state index contributed by atoms with van der Waals surface area (Å²) in [5.74, 6) is -0.0151. The summed E-state index contributed by atoms with van der Waals surface area (Å²) < 4.78 is 5.81. The van der Waals surface area contributed by atoms with E-state index in [0.717, 1.165) is 21.7 Å². The topological polar surface area (TPSA) is 89.8 Å². The average molecular weight is 588 g/mol. The SMILES string of the molecule is O=C(CSc1nc2scc(-c3ccc(Cl)cc3)c2c(=O)n1-c1ccccc1)Nc1nsc(-c2ccccc2)n1. The molecule has 0 radical (unpaired) electrons. The molecule has 0 aliphatic carbocycles. The van der Waals surface area contributed by atoms with Gasteiger partial charge >= 0.3 is 0 Å². The number of benzene rings is 3. The van der Waals surface area contributed by atoms with Crippen LogP contribution in [-0.2, 0) is 4.79 Å². The molecule has 1 N–H and O–H groups in total. The Hall–Kier alpha value is -3.83. The number of amides is 1. The maximum atomic E-state index is 13.9. The molecule has 3 heterocycles. The number of para-hydroxylation sites is 1. The number of aromatic nitrogens is 4. The summed E-state index contributed by atoms with van der Waals surface area (Å²) >= 11 is 9.87. The van der Waals surface area contributed by atoms with Gasteiger partial charge in [0.1, 0.15) is 9.84 Å². The predicted octanol–water partition coefficient (Wildman–Crippen LogP) is 7.02. The summed E-state index contributed by atoms with van der Waals surface area (Å²) in [6.45, 7) is 0. The number of carbonyl (C=O) groups is 1. The zero-order chi connectivity index (χ0) is 26.8. The lowest BCUT2D eigenvalue weighted by molar-refractivity contribution is -0.113. The third-order valence-electron chi connectivity index (χ3n) is 5.78. The lowest BCUT2D eigenvalue weighted by atomic mass is 10.1. The van der Waals surface area contributed by atoms with Gasteiger partial charge in [0.25, 0.3) is 5.56 Å². The number of hydrogen-bond acceptors (Lipinski definition) is 8. The Bertz CT molecular complexity index is 1840. The van der Waals surface area contributed by atoms with Gasteiger partial charge in [-0.25, -0.2) is 4.98 Å². The smallest absolute Gasteiger partial charge is 0.268 e. The Morgan fingerprint density at radius 3 is 2.38 bits per heavy atom. The molecule has 0 saturated carbocycles. The minimum atomic E-state index is -0.292. The number of nitrogens with one attached hydrogen (secondary N) is 1. The molecule has 0 bridgehead atoms. The summed E-state index contributed by atoms with van der Waals surface area (Å²) in [4.78, 5) is 36.6. The summed E-state index contributed by atoms with van der Waals surface area (Å²) in [6.07, 6.45) is 0. The summed E-state index contributed by atoms with van der Waals surface area (Å²) in [5.41, 5.74) is 3.08. The maximum Gasteiger partial charge on any atom is 0.268 e. The van der Waals surface area contributed by atoms with Gasteiger partial charge in [0.2, 0.25) is 11.9 Å². The highest BCUT2D eigenvalue weighted by molar-refractivity contribution is 7.99. The maximum absolute atomic E-state index is 13.9. The van der Waals surface area contributed by atoms with Crippen LogP contribution >= 0.6 is 46.2 Å². The molecule has 11 heteroatoms. The van der Waals surface area contributed by atoms with E-state index in [1.54, 1.807) is 16.7 Å². The van der Waals surface area contributed by atoms with E-state index in [4.69, 9.17) is 16.6 Å². The van der Waals surface area contributed by atoms with E-state index in [1.807, 2.05) is 78.2 Å². The van der Waals surface area contributed by atoms with E-state index in [-0.39, 0.29) is 23.2 Å². The van der Waals surface area contributed by atoms with Crippen molar-refractivity contribution in [2.75, 3.05) is 11.1 Å². The lowest BCUT2D eigenvalue weighted by Crippen LogP contribution is -2.22. The molecule has 1 amide bonds. The summed E-state index contributed by atoms with van der Waals surface area (Å²) in [5, 5.41) is 6.97. The molecule has 0 spiro atoms. The van der Waals surface area contributed by atoms with Gasteiger partial charge in [0.05, 0.1) is 16.8 Å². The minimum absolute atomic E-state index is 0.0279. The van der Waals surface area contributed by atoms with E-state index < -0.39 is 0 Å². The fourth-order valence-electron chi connectivity index (χ4n) is 3.98. The van der Waals surface area contributed by atoms with Gasteiger partial charge in [-0.15, -0.1) is 11.3 Å². The number of carbonyl (C=O) groups excluding carboxylic acids is 1. The van der Waals surface area contributed by atoms with Crippen molar-refractivity contribution in [2.45, 2.75) is 5.16 Å². The van der Waals surface area contributed by atoms with Crippen molar-refractivity contribution in [3.8, 4) is 27.4 Å². The number of fused-ring (bicyclic) bond motifs is 1. The standard InChI is InChI=1S/C28H18ClN5O2S3/c29-19-13-11-17(12-14-19)21-15-37-25-23(21)26(36)34(20-9-5-2-6-10-20)28(32-25)38-16-22(35)30-27-31-24(39-33-27)18-7-3-1-4-8-18/h1-15H,16H2,(H,30,33,35). The molecule has 39 heavy (non-hydrogen) atoms. The first kappa shape index (κ1) is 25.4. The molecular formula is C28H18ClN5O2S3. The number of hydrogen-bond donors (Lipinski definition) is 1. The second kappa shape index (κ2) is 11.1. The third kappa shape index (κ3) is 5.37. The van der Waals surface area contributed by atoms with Gasteiger partial charge in [-0.2, -0.15) is 9.36 Å². The molecule has 6 rings (SSSR count). The van der Waals surface area contributed by atoms with E-state index in [0.29, 0.717) is 26.1 Å². The van der Waals surface area contributed by atoms with Crippen molar-refractivity contribution in [2.24, 2.45) is 0 Å². The Morgan fingerprint density at radius 2 is 1.64 bits per heavy atom. The van der Waals surface area contributed by atoms with Crippen LogP contribution in [0, 0.1) is 0 Å². The molecule has 192 valence electrons. The molecule has 0 saturated heterocycles. The van der Waals surface area contributed by atoms with Gasteiger partial charge < -0.3 is 0 Å². The molecule has 6 aromatic rings. The van der Waals surface area contributed by atoms with Gasteiger partial charge in [0.15, 0.2) is 5.16 Å². The normalized spacial score (nSPS) is 11.1. The van der Waals surface area contributed by atoms with E-state index in [9.17, 15) is 9.59 Å². The second-order valence-corrected chi connectivity index (χ2v) is 11.3. The van der Waals surface area contributed by atoms with Crippen LogP contribution in [0.2, 0.25) is 5.02 Å². The highest BCUT2D eigenvalue weighted by atomic mass is 35.5. The van der Waals surface area contributed by atoms with Gasteiger partial charge in [-0.05, 0) is 41.4 Å². The van der Waals surface area contributed by atoms with Crippen molar-refractivity contribution >= 4 is 68.3 Å². The zero-order valence-electron chi connectivity index (χ0n) is 20.1. The molecule has 0 atom stereocenters. The van der Waals surface area contributed by atoms with Crippen LogP contribution in [0.5, 0.6) is 0 Å². The monoisotopic (exact) mass is 587 g/mol. The Balaban J connectivity index is 1.30. The second-order valence-electron chi connectivity index (χ2n) is 8.33. The van der Waals surface area contributed by atoms with Crippen molar-refractivity contribution < 1.29 is 4.79 Å². The van der Waals surface area contributed by atoms with Gasteiger partial charge in [-0.3, -0.25) is 19.5 Å². The number of anilines is 1. The minimum Gasteiger partial charge on any atom is -0.293 e. The summed E-state index contributed by atoms with van der Waals surface area (Å²) in [6, 6.07) is 26.3. The quantitative estimate of drug-likeness (QED) is 0.159. The number of rotatable bonds is 7. The highest BCUT2D eigenvalue weighted by Crippen LogP contribution is 2.33. The van der Waals surface area contributed by atoms with Crippen LogP contribution in [0.15, 0.2) is 100 Å². The lowest BCUT2D eigenvalue weighted by Gasteiger charge is -2.12.